The standard InChI is InChI=1S/C12H11ClFNO2.C7H3Cl2FO.C5H9NO.CH4.ClH/c13-10-7-8(1-2-11(10)14)12(17)15-5-3-9(16)4-6-15;8-5-3-4(7(9)11)1-2-6(5)10;7-5-1-3-6-4-2-5;;/h1-2,7H,3-6H2;1-3H;6H,1-4H2;1H4;1H. The zero-order chi connectivity index (χ0) is 26.0. The fourth-order valence-electron chi connectivity index (χ4n) is 3.09. The number of amides is 1. The molecule has 2 saturated heterocycles. The average Bonchev–Trinajstić information content (AvgIpc) is 2.84. The van der Waals surface area contributed by atoms with Crippen molar-refractivity contribution in [2.24, 2.45) is 0 Å². The van der Waals surface area contributed by atoms with Gasteiger partial charge in [-0.15, -0.1) is 12.4 Å². The number of piperidine rings is 2. The summed E-state index contributed by atoms with van der Waals surface area (Å²) in [7, 11) is 0. The van der Waals surface area contributed by atoms with Gasteiger partial charge in [-0.3, -0.25) is 19.2 Å². The normalized spacial score (nSPS) is 14.6. The van der Waals surface area contributed by atoms with E-state index in [1.165, 1.54) is 30.3 Å². The van der Waals surface area contributed by atoms with E-state index in [4.69, 9.17) is 34.8 Å². The largest absolute Gasteiger partial charge is 0.338 e. The SMILES string of the molecule is C.Cl.O=C(Cl)c1ccc(F)c(Cl)c1.O=C1CCN(C(=O)c2ccc(F)c(Cl)c2)CC1.O=C1CCNCC1. The molecule has 2 heterocycles. The van der Waals surface area contributed by atoms with E-state index < -0.39 is 16.9 Å². The third-order valence-corrected chi connectivity index (χ3v) is 5.88. The van der Waals surface area contributed by atoms with Crippen molar-refractivity contribution in [3.05, 3.63) is 69.2 Å². The van der Waals surface area contributed by atoms with Crippen molar-refractivity contribution >= 4 is 69.9 Å². The summed E-state index contributed by atoms with van der Waals surface area (Å²) in [5, 5.41) is 2.28. The molecule has 0 saturated carbocycles. The van der Waals surface area contributed by atoms with Crippen LogP contribution >= 0.6 is 47.2 Å². The predicted octanol–water partition coefficient (Wildman–Crippen LogP) is 6.14. The Morgan fingerprint density at radius 1 is 0.784 bits per heavy atom. The van der Waals surface area contributed by atoms with Gasteiger partial charge in [-0.1, -0.05) is 30.6 Å². The molecule has 2 fully saturated rings. The van der Waals surface area contributed by atoms with Crippen molar-refractivity contribution in [2.75, 3.05) is 26.2 Å². The van der Waals surface area contributed by atoms with E-state index in [-0.39, 0.29) is 47.1 Å². The molecule has 0 spiro atoms. The van der Waals surface area contributed by atoms with Crippen LogP contribution in [0.15, 0.2) is 36.4 Å². The fraction of sp³-hybridized carbons (Fsp3) is 0.360. The lowest BCUT2D eigenvalue weighted by atomic mass is 10.1. The topological polar surface area (TPSA) is 83.6 Å². The monoisotopic (exact) mass is 598 g/mol. The average molecular weight is 600 g/mol. The highest BCUT2D eigenvalue weighted by Crippen LogP contribution is 2.19. The summed E-state index contributed by atoms with van der Waals surface area (Å²) in [5.74, 6) is -0.741. The van der Waals surface area contributed by atoms with Gasteiger partial charge in [0.05, 0.1) is 10.0 Å². The summed E-state index contributed by atoms with van der Waals surface area (Å²) < 4.78 is 25.4. The van der Waals surface area contributed by atoms with Gasteiger partial charge in [0.1, 0.15) is 23.2 Å². The molecule has 37 heavy (non-hydrogen) atoms. The van der Waals surface area contributed by atoms with Crippen LogP contribution < -0.4 is 5.32 Å². The number of nitrogens with zero attached hydrogens (tertiary/aromatic N) is 1. The second kappa shape index (κ2) is 17.4. The quantitative estimate of drug-likeness (QED) is 0.419. The van der Waals surface area contributed by atoms with Gasteiger partial charge >= 0.3 is 0 Å². The number of likely N-dealkylation sites (tertiary alicyclic amines) is 1. The van der Waals surface area contributed by atoms with E-state index in [1.807, 2.05) is 0 Å². The van der Waals surface area contributed by atoms with Crippen LogP contribution in [0.5, 0.6) is 0 Å². The molecule has 204 valence electrons. The molecular weight excluding hydrogens is 572 g/mol. The van der Waals surface area contributed by atoms with Gasteiger partial charge in [0.15, 0.2) is 0 Å². The highest BCUT2D eigenvalue weighted by atomic mass is 35.5. The number of Topliss-reactive ketones (excluding diaryl/α,β-unsaturated/α-hetero) is 2. The Morgan fingerprint density at radius 3 is 1.62 bits per heavy atom. The summed E-state index contributed by atoms with van der Waals surface area (Å²) in [6.45, 7) is 2.62. The number of ketones is 2. The van der Waals surface area contributed by atoms with Crippen LogP contribution in [-0.2, 0) is 9.59 Å². The number of carbonyl (C=O) groups excluding carboxylic acids is 4. The van der Waals surface area contributed by atoms with Gasteiger partial charge < -0.3 is 10.2 Å². The summed E-state index contributed by atoms with van der Waals surface area (Å²) in [5.41, 5.74) is 0.545. The lowest BCUT2D eigenvalue weighted by Crippen LogP contribution is -2.38. The van der Waals surface area contributed by atoms with Gasteiger partial charge in [-0.25, -0.2) is 8.78 Å². The summed E-state index contributed by atoms with van der Waals surface area (Å²) in [6.07, 6.45) is 2.25. The van der Waals surface area contributed by atoms with Gasteiger partial charge in [0.25, 0.3) is 11.1 Å². The van der Waals surface area contributed by atoms with Crippen LogP contribution in [0.2, 0.25) is 10.0 Å². The number of rotatable bonds is 2. The van der Waals surface area contributed by atoms with E-state index in [0.717, 1.165) is 32.0 Å². The van der Waals surface area contributed by atoms with Crippen LogP contribution in [0.4, 0.5) is 8.78 Å². The van der Waals surface area contributed by atoms with E-state index in [2.05, 4.69) is 5.32 Å². The summed E-state index contributed by atoms with van der Waals surface area (Å²) in [4.78, 5) is 45.6. The first kappa shape index (κ1) is 34.9. The number of hydrogen-bond donors (Lipinski definition) is 1. The molecule has 0 aliphatic carbocycles. The molecule has 12 heteroatoms. The molecule has 0 radical (unpaired) electrons. The Morgan fingerprint density at radius 2 is 1.22 bits per heavy atom. The minimum Gasteiger partial charge on any atom is -0.338 e. The third-order valence-electron chi connectivity index (χ3n) is 5.08. The Balaban J connectivity index is 0.000000560. The molecule has 2 aromatic carbocycles. The Labute approximate surface area is 236 Å². The molecule has 1 amide bonds. The van der Waals surface area contributed by atoms with Gasteiger partial charge in [-0.05, 0) is 48.0 Å². The van der Waals surface area contributed by atoms with Crippen molar-refractivity contribution in [1.29, 1.82) is 0 Å². The smallest absolute Gasteiger partial charge is 0.253 e. The van der Waals surface area contributed by atoms with Crippen molar-refractivity contribution in [3.63, 3.8) is 0 Å². The molecular formula is C25H28Cl4F2N2O4. The zero-order valence-corrected chi connectivity index (χ0v) is 22.1. The lowest BCUT2D eigenvalue weighted by Gasteiger charge is -2.26. The van der Waals surface area contributed by atoms with Crippen LogP contribution in [0.1, 0.15) is 53.8 Å². The molecule has 4 rings (SSSR count). The summed E-state index contributed by atoms with van der Waals surface area (Å²) in [6, 6.07) is 7.45. The molecule has 1 N–H and O–H groups in total. The minimum absolute atomic E-state index is 0. The van der Waals surface area contributed by atoms with Gasteiger partial charge in [-0.2, -0.15) is 0 Å². The van der Waals surface area contributed by atoms with Gasteiger partial charge in [0, 0.05) is 63.0 Å². The third kappa shape index (κ3) is 11.9. The molecule has 2 aliphatic rings. The maximum Gasteiger partial charge on any atom is 0.253 e. The van der Waals surface area contributed by atoms with Crippen LogP contribution in [0.3, 0.4) is 0 Å². The fourth-order valence-corrected chi connectivity index (χ4v) is 3.57. The van der Waals surface area contributed by atoms with Gasteiger partial charge in [0.2, 0.25) is 0 Å². The van der Waals surface area contributed by atoms with E-state index in [0.29, 0.717) is 37.3 Å². The number of benzene rings is 2. The molecule has 0 aromatic heterocycles. The Hall–Kier alpha value is -2.10. The first-order valence-electron chi connectivity index (χ1n) is 10.7. The predicted molar refractivity (Wildman–Crippen MR) is 144 cm³/mol. The van der Waals surface area contributed by atoms with Crippen molar-refractivity contribution in [1.82, 2.24) is 10.2 Å². The molecule has 0 unspecified atom stereocenters. The highest BCUT2D eigenvalue weighted by Gasteiger charge is 2.22. The van der Waals surface area contributed by atoms with Crippen LogP contribution in [0.25, 0.3) is 0 Å². The highest BCUT2D eigenvalue weighted by molar-refractivity contribution is 6.67. The first-order valence-corrected chi connectivity index (χ1v) is 11.8. The Kier molecular flexibility index (Phi) is 16.4. The lowest BCUT2D eigenvalue weighted by molar-refractivity contribution is -0.121. The molecule has 0 atom stereocenters. The van der Waals surface area contributed by atoms with Crippen LogP contribution in [0, 0.1) is 11.6 Å². The number of halogens is 6. The van der Waals surface area contributed by atoms with Crippen LogP contribution in [-0.4, -0.2) is 53.8 Å². The van der Waals surface area contributed by atoms with E-state index >= 15 is 0 Å². The van der Waals surface area contributed by atoms with E-state index in [1.54, 1.807) is 4.90 Å². The second-order valence-corrected chi connectivity index (χ2v) is 8.81. The maximum absolute atomic E-state index is 13.0. The number of nitrogens with one attached hydrogen (secondary N) is 1. The molecule has 2 aromatic rings. The van der Waals surface area contributed by atoms with Crippen molar-refractivity contribution in [3.8, 4) is 0 Å². The molecule has 6 nitrogen and oxygen atoms in total. The number of carbonyl (C=O) groups is 4. The number of hydrogen-bond acceptors (Lipinski definition) is 5. The maximum atomic E-state index is 13.0. The second-order valence-electron chi connectivity index (χ2n) is 7.65. The summed E-state index contributed by atoms with van der Waals surface area (Å²) >= 11 is 16.1. The van der Waals surface area contributed by atoms with Crippen molar-refractivity contribution < 1.29 is 28.0 Å². The van der Waals surface area contributed by atoms with Crippen molar-refractivity contribution in [2.45, 2.75) is 33.1 Å². The molecule has 0 bridgehead atoms. The zero-order valence-electron chi connectivity index (χ0n) is 19.0. The van der Waals surface area contributed by atoms with E-state index in [9.17, 15) is 28.0 Å². The minimum atomic E-state index is -0.646. The molecule has 2 aliphatic heterocycles. The Bertz CT molecular complexity index is 1080. The first-order chi connectivity index (χ1) is 16.6.